The van der Waals surface area contributed by atoms with Gasteiger partial charge in [0.25, 0.3) is 16.8 Å². The molecule has 0 aromatic heterocycles. The zero-order chi connectivity index (χ0) is 18.0. The van der Waals surface area contributed by atoms with Crippen molar-refractivity contribution in [2.24, 2.45) is 0 Å². The molecule has 1 aliphatic heterocycles. The first-order valence-electron chi connectivity index (χ1n) is 7.18. The normalized spacial score (nSPS) is 15.9. The van der Waals surface area contributed by atoms with Crippen LogP contribution in [0.2, 0.25) is 0 Å². The highest BCUT2D eigenvalue weighted by molar-refractivity contribution is 9.10. The van der Waals surface area contributed by atoms with E-state index < -0.39 is 10.8 Å². The first kappa shape index (κ1) is 17.4. The Balaban J connectivity index is 1.81. The van der Waals surface area contributed by atoms with E-state index >= 15 is 0 Å². The van der Waals surface area contributed by atoms with Crippen molar-refractivity contribution in [2.45, 2.75) is 6.54 Å². The quantitative estimate of drug-likeness (QED) is 0.411. The number of imide groups is 1. The van der Waals surface area contributed by atoms with Gasteiger partial charge in [0.05, 0.1) is 16.4 Å². The van der Waals surface area contributed by atoms with Crippen molar-refractivity contribution in [2.75, 3.05) is 0 Å². The fourth-order valence-electron chi connectivity index (χ4n) is 2.30. The molecule has 0 N–H and O–H groups in total. The molecule has 0 unspecified atom stereocenters. The Labute approximate surface area is 155 Å². The third-order valence-electron chi connectivity index (χ3n) is 3.50. The molecule has 0 atom stereocenters. The van der Waals surface area contributed by atoms with E-state index in [0.717, 1.165) is 26.7 Å². The molecule has 1 aliphatic rings. The maximum absolute atomic E-state index is 12.5. The number of hydrogen-bond donors (Lipinski definition) is 0. The maximum atomic E-state index is 12.5. The van der Waals surface area contributed by atoms with Gasteiger partial charge in [-0.25, -0.2) is 0 Å². The van der Waals surface area contributed by atoms with Crippen LogP contribution in [0.4, 0.5) is 10.5 Å². The number of halogens is 1. The van der Waals surface area contributed by atoms with Crippen LogP contribution in [0.1, 0.15) is 11.1 Å². The Kier molecular flexibility index (Phi) is 5.00. The SMILES string of the molecule is O=C1S/C(=C\c2ccc(Br)cc2)C(=O)N1Cc1cccc([N+](=O)[O-])c1. The predicted octanol–water partition coefficient (Wildman–Crippen LogP) is 4.59. The summed E-state index contributed by atoms with van der Waals surface area (Å²) >= 11 is 4.20. The van der Waals surface area contributed by atoms with Gasteiger partial charge in [0, 0.05) is 16.6 Å². The number of amides is 2. The molecule has 1 heterocycles. The van der Waals surface area contributed by atoms with Gasteiger partial charge in [-0.15, -0.1) is 0 Å². The first-order chi connectivity index (χ1) is 11.9. The Morgan fingerprint density at radius 3 is 2.56 bits per heavy atom. The van der Waals surface area contributed by atoms with E-state index in [9.17, 15) is 19.7 Å². The van der Waals surface area contributed by atoms with Crippen molar-refractivity contribution in [3.05, 3.63) is 79.2 Å². The van der Waals surface area contributed by atoms with Gasteiger partial charge in [-0.05, 0) is 41.1 Å². The lowest BCUT2D eigenvalue weighted by Gasteiger charge is -2.12. The molecule has 2 amide bonds. The van der Waals surface area contributed by atoms with E-state index in [0.29, 0.717) is 10.5 Å². The average Bonchev–Trinajstić information content (AvgIpc) is 2.85. The van der Waals surface area contributed by atoms with E-state index in [1.54, 1.807) is 12.1 Å². The topological polar surface area (TPSA) is 80.5 Å². The third-order valence-corrected chi connectivity index (χ3v) is 4.94. The monoisotopic (exact) mass is 418 g/mol. The van der Waals surface area contributed by atoms with E-state index in [4.69, 9.17) is 0 Å². The molecule has 1 fully saturated rings. The first-order valence-corrected chi connectivity index (χ1v) is 8.79. The lowest BCUT2D eigenvalue weighted by Crippen LogP contribution is -2.27. The summed E-state index contributed by atoms with van der Waals surface area (Å²) in [6.07, 6.45) is 1.66. The lowest BCUT2D eigenvalue weighted by molar-refractivity contribution is -0.384. The van der Waals surface area contributed by atoms with E-state index in [1.807, 2.05) is 24.3 Å². The minimum absolute atomic E-state index is 0.00399. The number of nitro benzene ring substituents is 1. The predicted molar refractivity (Wildman–Crippen MR) is 98.8 cm³/mol. The van der Waals surface area contributed by atoms with Crippen molar-refractivity contribution < 1.29 is 14.5 Å². The van der Waals surface area contributed by atoms with Gasteiger partial charge >= 0.3 is 0 Å². The molecular formula is C17H11BrN2O4S. The molecule has 1 saturated heterocycles. The molecule has 3 rings (SSSR count). The van der Waals surface area contributed by atoms with Crippen molar-refractivity contribution >= 4 is 50.6 Å². The minimum Gasteiger partial charge on any atom is -0.268 e. The van der Waals surface area contributed by atoms with Gasteiger partial charge in [-0.1, -0.05) is 40.2 Å². The van der Waals surface area contributed by atoms with Crippen LogP contribution in [0.25, 0.3) is 6.08 Å². The van der Waals surface area contributed by atoms with Crippen LogP contribution in [0.5, 0.6) is 0 Å². The Morgan fingerprint density at radius 2 is 1.88 bits per heavy atom. The molecule has 8 heteroatoms. The summed E-state index contributed by atoms with van der Waals surface area (Å²) < 4.78 is 0.920. The largest absolute Gasteiger partial charge is 0.293 e. The smallest absolute Gasteiger partial charge is 0.268 e. The zero-order valence-corrected chi connectivity index (χ0v) is 15.1. The molecule has 2 aromatic carbocycles. The Bertz CT molecular complexity index is 896. The summed E-state index contributed by atoms with van der Waals surface area (Å²) in [5.41, 5.74) is 1.26. The van der Waals surface area contributed by atoms with Crippen LogP contribution in [-0.2, 0) is 11.3 Å². The number of carbonyl (C=O) groups excluding carboxylic acids is 2. The van der Waals surface area contributed by atoms with E-state index in [2.05, 4.69) is 15.9 Å². The molecule has 0 aliphatic carbocycles. The van der Waals surface area contributed by atoms with Crippen LogP contribution in [-0.4, -0.2) is 21.0 Å². The second-order valence-corrected chi connectivity index (χ2v) is 7.16. The fraction of sp³-hybridized carbons (Fsp3) is 0.0588. The Morgan fingerprint density at radius 1 is 1.16 bits per heavy atom. The minimum atomic E-state index is -0.509. The van der Waals surface area contributed by atoms with Crippen molar-refractivity contribution in [3.8, 4) is 0 Å². The van der Waals surface area contributed by atoms with Gasteiger partial charge in [0.15, 0.2) is 0 Å². The lowest BCUT2D eigenvalue weighted by atomic mass is 10.2. The zero-order valence-electron chi connectivity index (χ0n) is 12.7. The molecular weight excluding hydrogens is 408 g/mol. The number of thioether (sulfide) groups is 1. The number of nitrogens with zero attached hydrogens (tertiary/aromatic N) is 2. The summed E-state index contributed by atoms with van der Waals surface area (Å²) in [4.78, 5) is 36.4. The second-order valence-electron chi connectivity index (χ2n) is 5.25. The maximum Gasteiger partial charge on any atom is 0.293 e. The number of benzene rings is 2. The summed E-state index contributed by atoms with van der Waals surface area (Å²) in [5.74, 6) is -0.399. The van der Waals surface area contributed by atoms with Crippen LogP contribution in [0.3, 0.4) is 0 Å². The highest BCUT2D eigenvalue weighted by Crippen LogP contribution is 2.33. The van der Waals surface area contributed by atoms with E-state index in [-0.39, 0.29) is 17.5 Å². The number of hydrogen-bond acceptors (Lipinski definition) is 5. The van der Waals surface area contributed by atoms with Gasteiger partial charge in [-0.2, -0.15) is 0 Å². The summed E-state index contributed by atoms with van der Waals surface area (Å²) in [5, 5.41) is 10.5. The molecule has 126 valence electrons. The highest BCUT2D eigenvalue weighted by atomic mass is 79.9. The molecule has 0 radical (unpaired) electrons. The van der Waals surface area contributed by atoms with Crippen LogP contribution in [0.15, 0.2) is 57.9 Å². The number of rotatable bonds is 4. The third kappa shape index (κ3) is 3.97. The van der Waals surface area contributed by atoms with Crippen molar-refractivity contribution in [1.82, 2.24) is 4.90 Å². The van der Waals surface area contributed by atoms with Crippen LogP contribution >= 0.6 is 27.7 Å². The molecule has 0 saturated carbocycles. The van der Waals surface area contributed by atoms with Crippen molar-refractivity contribution in [3.63, 3.8) is 0 Å². The van der Waals surface area contributed by atoms with Crippen molar-refractivity contribution in [1.29, 1.82) is 0 Å². The van der Waals surface area contributed by atoms with Gasteiger partial charge in [-0.3, -0.25) is 24.6 Å². The van der Waals surface area contributed by atoms with Gasteiger partial charge in [0.2, 0.25) is 0 Å². The molecule has 2 aromatic rings. The summed E-state index contributed by atoms with van der Waals surface area (Å²) in [7, 11) is 0. The molecule has 0 spiro atoms. The summed E-state index contributed by atoms with van der Waals surface area (Å²) in [6, 6.07) is 13.3. The Hall–Kier alpha value is -2.45. The molecule has 6 nitrogen and oxygen atoms in total. The standard InChI is InChI=1S/C17H11BrN2O4S/c18-13-6-4-11(5-7-13)9-15-16(21)19(17(22)25-15)10-12-2-1-3-14(8-12)20(23)24/h1-9H,10H2/b15-9-. The summed E-state index contributed by atoms with van der Waals surface area (Å²) in [6.45, 7) is 0.00399. The highest BCUT2D eigenvalue weighted by Gasteiger charge is 2.35. The number of non-ortho nitro benzene ring substituents is 1. The van der Waals surface area contributed by atoms with Gasteiger partial charge < -0.3 is 0 Å². The van der Waals surface area contributed by atoms with Crippen LogP contribution in [0, 0.1) is 10.1 Å². The van der Waals surface area contributed by atoms with Crippen LogP contribution < -0.4 is 0 Å². The van der Waals surface area contributed by atoms with Gasteiger partial charge in [0.1, 0.15) is 0 Å². The molecule has 0 bridgehead atoms. The molecule has 25 heavy (non-hydrogen) atoms. The average molecular weight is 419 g/mol. The fourth-order valence-corrected chi connectivity index (χ4v) is 3.40. The number of nitro groups is 1. The number of carbonyl (C=O) groups is 2. The van der Waals surface area contributed by atoms with E-state index in [1.165, 1.54) is 18.2 Å². The second kappa shape index (κ2) is 7.20.